The van der Waals surface area contributed by atoms with Crippen molar-refractivity contribution in [2.75, 3.05) is 32.1 Å². The van der Waals surface area contributed by atoms with Crippen molar-refractivity contribution in [2.45, 2.75) is 24.3 Å². The van der Waals surface area contributed by atoms with Crippen LogP contribution in [0.1, 0.15) is 28.1 Å². The zero-order valence-corrected chi connectivity index (χ0v) is 16.4. The Morgan fingerprint density at radius 2 is 2.04 bits per heavy atom. The summed E-state index contributed by atoms with van der Waals surface area (Å²) in [6, 6.07) is 5.21. The summed E-state index contributed by atoms with van der Waals surface area (Å²) >= 11 is 1.15. The van der Waals surface area contributed by atoms with Gasteiger partial charge in [0.25, 0.3) is 5.91 Å². The number of nitrogens with one attached hydrogen (secondary N) is 1. The Bertz CT molecular complexity index is 887. The highest BCUT2D eigenvalue weighted by molar-refractivity contribution is 7.89. The van der Waals surface area contributed by atoms with Crippen molar-refractivity contribution in [1.82, 2.24) is 14.6 Å². The van der Waals surface area contributed by atoms with Crippen LogP contribution in [0.2, 0.25) is 0 Å². The highest BCUT2D eigenvalue weighted by Crippen LogP contribution is 2.27. The van der Waals surface area contributed by atoms with Crippen molar-refractivity contribution in [1.29, 1.82) is 0 Å². The van der Waals surface area contributed by atoms with Crippen molar-refractivity contribution in [3.8, 4) is 0 Å². The van der Waals surface area contributed by atoms with E-state index in [9.17, 15) is 13.2 Å². The number of amides is 1. The fourth-order valence-corrected chi connectivity index (χ4v) is 5.79. The minimum absolute atomic E-state index is 0.0981. The van der Waals surface area contributed by atoms with Crippen LogP contribution >= 0.6 is 11.3 Å². The molecule has 0 spiro atoms. The Balaban J connectivity index is 1.77. The van der Waals surface area contributed by atoms with Crippen molar-refractivity contribution in [3.63, 3.8) is 0 Å². The molecule has 0 radical (unpaired) electrons. The van der Waals surface area contributed by atoms with Crippen molar-refractivity contribution in [2.24, 2.45) is 0 Å². The van der Waals surface area contributed by atoms with E-state index in [0.29, 0.717) is 13.1 Å². The van der Waals surface area contributed by atoms with Crippen LogP contribution in [0.3, 0.4) is 0 Å². The van der Waals surface area contributed by atoms with Gasteiger partial charge >= 0.3 is 0 Å². The maximum Gasteiger partial charge on any atom is 0.263 e. The molecular formula is C17H22N4O3S2. The third-order valence-corrected chi connectivity index (χ3v) is 7.23. The Hall–Kier alpha value is -1.97. The number of hydrogen-bond acceptors (Lipinski definition) is 6. The van der Waals surface area contributed by atoms with Crippen LogP contribution in [-0.2, 0) is 16.6 Å². The molecule has 3 heterocycles. The van der Waals surface area contributed by atoms with Gasteiger partial charge in [-0.1, -0.05) is 6.07 Å². The van der Waals surface area contributed by atoms with Crippen LogP contribution in [0.4, 0.5) is 5.82 Å². The minimum atomic E-state index is -3.61. The average Bonchev–Trinajstić information content (AvgIpc) is 3.31. The third-order valence-electron chi connectivity index (χ3n) is 4.25. The molecule has 0 bridgehead atoms. The van der Waals surface area contributed by atoms with Gasteiger partial charge in [0.2, 0.25) is 10.0 Å². The lowest BCUT2D eigenvalue weighted by molar-refractivity contribution is 0.0952. The van der Waals surface area contributed by atoms with Crippen molar-refractivity contribution < 1.29 is 13.2 Å². The van der Waals surface area contributed by atoms with Gasteiger partial charge in [0.1, 0.15) is 15.6 Å². The molecule has 0 aromatic carbocycles. The molecule has 1 amide bonds. The zero-order chi connectivity index (χ0) is 18.7. The van der Waals surface area contributed by atoms with Gasteiger partial charge in [0.05, 0.1) is 0 Å². The van der Waals surface area contributed by atoms with Gasteiger partial charge in [-0.15, -0.1) is 11.3 Å². The lowest BCUT2D eigenvalue weighted by atomic mass is 10.2. The largest absolute Gasteiger partial charge is 0.362 e. The molecule has 1 N–H and O–H groups in total. The second kappa shape index (κ2) is 7.73. The second-order valence-electron chi connectivity index (χ2n) is 6.29. The van der Waals surface area contributed by atoms with E-state index < -0.39 is 10.0 Å². The summed E-state index contributed by atoms with van der Waals surface area (Å²) in [4.78, 5) is 19.1. The normalized spacial score (nSPS) is 15.2. The predicted octanol–water partition coefficient (Wildman–Crippen LogP) is 1.92. The first-order chi connectivity index (χ1) is 12.4. The molecule has 140 valence electrons. The Kier molecular flexibility index (Phi) is 5.59. The quantitative estimate of drug-likeness (QED) is 0.809. The van der Waals surface area contributed by atoms with Gasteiger partial charge < -0.3 is 10.2 Å². The number of thiophene rings is 1. The van der Waals surface area contributed by atoms with E-state index in [1.54, 1.807) is 11.6 Å². The molecule has 1 aliphatic rings. The summed E-state index contributed by atoms with van der Waals surface area (Å²) in [7, 11) is 0.152. The average molecular weight is 395 g/mol. The maximum atomic E-state index is 12.8. The molecule has 0 saturated carbocycles. The SMILES string of the molecule is CN(C)c1ncccc1CNC(=O)c1sccc1S(=O)(=O)N1CCCC1. The fraction of sp³-hybridized carbons (Fsp3) is 0.412. The van der Waals surface area contributed by atoms with Crippen LogP contribution in [0, 0.1) is 0 Å². The summed E-state index contributed by atoms with van der Waals surface area (Å²) in [6.07, 6.45) is 3.42. The molecule has 26 heavy (non-hydrogen) atoms. The Morgan fingerprint density at radius 1 is 1.31 bits per heavy atom. The first kappa shape index (κ1) is 18.8. The summed E-state index contributed by atoms with van der Waals surface area (Å²) in [6.45, 7) is 1.31. The van der Waals surface area contributed by atoms with E-state index in [0.717, 1.165) is 35.6 Å². The first-order valence-electron chi connectivity index (χ1n) is 8.38. The summed E-state index contributed by atoms with van der Waals surface area (Å²) in [5.41, 5.74) is 0.867. The lowest BCUT2D eigenvalue weighted by Crippen LogP contribution is -2.30. The van der Waals surface area contributed by atoms with Crippen LogP contribution < -0.4 is 10.2 Å². The van der Waals surface area contributed by atoms with Gasteiger partial charge in [0.15, 0.2) is 0 Å². The maximum absolute atomic E-state index is 12.8. The Labute approximate surface area is 157 Å². The highest BCUT2D eigenvalue weighted by atomic mass is 32.2. The van der Waals surface area contributed by atoms with Crippen molar-refractivity contribution in [3.05, 3.63) is 40.2 Å². The molecule has 1 aliphatic heterocycles. The number of pyridine rings is 1. The first-order valence-corrected chi connectivity index (χ1v) is 10.7. The Morgan fingerprint density at radius 3 is 2.73 bits per heavy atom. The molecule has 1 fully saturated rings. The highest BCUT2D eigenvalue weighted by Gasteiger charge is 2.31. The summed E-state index contributed by atoms with van der Waals surface area (Å²) in [5, 5.41) is 4.47. The van der Waals surface area contributed by atoms with Gasteiger partial charge in [-0.3, -0.25) is 4.79 Å². The summed E-state index contributed by atoms with van der Waals surface area (Å²) in [5.74, 6) is 0.384. The molecular weight excluding hydrogens is 372 g/mol. The number of nitrogens with zero attached hydrogens (tertiary/aromatic N) is 3. The minimum Gasteiger partial charge on any atom is -0.362 e. The molecule has 3 rings (SSSR count). The fourth-order valence-electron chi connectivity index (χ4n) is 2.96. The number of rotatable bonds is 6. The third kappa shape index (κ3) is 3.74. The second-order valence-corrected chi connectivity index (χ2v) is 9.11. The topological polar surface area (TPSA) is 82.6 Å². The molecule has 9 heteroatoms. The predicted molar refractivity (Wildman–Crippen MR) is 102 cm³/mol. The van der Waals surface area contributed by atoms with E-state index in [2.05, 4.69) is 10.3 Å². The molecule has 7 nitrogen and oxygen atoms in total. The lowest BCUT2D eigenvalue weighted by Gasteiger charge is -2.17. The molecule has 0 aliphatic carbocycles. The van der Waals surface area contributed by atoms with Gasteiger partial charge in [-0.05, 0) is 30.4 Å². The van der Waals surface area contributed by atoms with Crippen LogP contribution in [0.25, 0.3) is 0 Å². The van der Waals surface area contributed by atoms with E-state index in [1.165, 1.54) is 10.4 Å². The zero-order valence-electron chi connectivity index (χ0n) is 14.8. The number of aromatic nitrogens is 1. The molecule has 1 saturated heterocycles. The van der Waals surface area contributed by atoms with Crippen molar-refractivity contribution >= 4 is 33.1 Å². The summed E-state index contributed by atoms with van der Waals surface area (Å²) < 4.78 is 27.0. The van der Waals surface area contributed by atoms with E-state index >= 15 is 0 Å². The molecule has 2 aromatic rings. The van der Waals surface area contributed by atoms with Gasteiger partial charge in [-0.25, -0.2) is 13.4 Å². The standard InChI is InChI=1S/C17H22N4O3S2/c1-20(2)16-13(6-5-8-18-16)12-19-17(22)15-14(7-11-25-15)26(23,24)21-9-3-4-10-21/h5-8,11H,3-4,9-10,12H2,1-2H3,(H,19,22). The molecule has 0 atom stereocenters. The van der Waals surface area contributed by atoms with E-state index in [-0.39, 0.29) is 22.2 Å². The van der Waals surface area contributed by atoms with E-state index in [4.69, 9.17) is 0 Å². The number of sulfonamides is 1. The van der Waals surface area contributed by atoms with Gasteiger partial charge in [0, 0.05) is 45.5 Å². The van der Waals surface area contributed by atoms with E-state index in [1.807, 2.05) is 31.1 Å². The number of hydrogen-bond donors (Lipinski definition) is 1. The van der Waals surface area contributed by atoms with Crippen LogP contribution in [-0.4, -0.2) is 50.8 Å². The number of anilines is 1. The van der Waals surface area contributed by atoms with Crippen LogP contribution in [0.5, 0.6) is 0 Å². The van der Waals surface area contributed by atoms with Gasteiger partial charge in [-0.2, -0.15) is 4.31 Å². The van der Waals surface area contributed by atoms with Crippen LogP contribution in [0.15, 0.2) is 34.7 Å². The number of carbonyl (C=O) groups excluding carboxylic acids is 1. The monoisotopic (exact) mass is 394 g/mol. The molecule has 2 aromatic heterocycles. The molecule has 0 unspecified atom stereocenters. The smallest absolute Gasteiger partial charge is 0.263 e. The number of carbonyl (C=O) groups is 1.